The summed E-state index contributed by atoms with van der Waals surface area (Å²) in [6.07, 6.45) is 1.77. The number of hydrogen-bond acceptors (Lipinski definition) is 7. The zero-order chi connectivity index (χ0) is 23.1. The van der Waals surface area contributed by atoms with Gasteiger partial charge < -0.3 is 5.32 Å². The number of carbonyl (C=O) groups is 1. The second kappa shape index (κ2) is 8.82. The fourth-order valence-corrected chi connectivity index (χ4v) is 7.29. The average molecular weight is 559 g/mol. The van der Waals surface area contributed by atoms with Crippen molar-refractivity contribution in [1.29, 1.82) is 0 Å². The number of rotatable bonds is 5. The minimum Gasteiger partial charge on any atom is -0.302 e. The first-order chi connectivity index (χ1) is 15.1. The molecule has 170 valence electrons. The number of sulfonamides is 1. The molecular formula is C20H20BrN3O5S3. The number of para-hydroxylation sites is 1. The Morgan fingerprint density at radius 1 is 1.09 bits per heavy atom. The molecule has 2 heterocycles. The van der Waals surface area contributed by atoms with Gasteiger partial charge in [0.05, 0.1) is 20.0 Å². The number of halogens is 1. The number of nitrogens with zero attached hydrogens (tertiary/aromatic N) is 2. The zero-order valence-electron chi connectivity index (χ0n) is 17.0. The Morgan fingerprint density at radius 2 is 1.75 bits per heavy atom. The number of nitrogens with one attached hydrogen (secondary N) is 1. The third kappa shape index (κ3) is 4.74. The molecule has 8 nitrogen and oxygen atoms in total. The van der Waals surface area contributed by atoms with Gasteiger partial charge in [-0.3, -0.25) is 4.79 Å². The van der Waals surface area contributed by atoms with Gasteiger partial charge in [-0.25, -0.2) is 21.8 Å². The smallest absolute Gasteiger partial charge is 0.243 e. The van der Waals surface area contributed by atoms with Crippen LogP contribution in [0.25, 0.3) is 10.2 Å². The summed E-state index contributed by atoms with van der Waals surface area (Å²) < 4.78 is 52.6. The van der Waals surface area contributed by atoms with Crippen LogP contribution in [0.5, 0.6) is 0 Å². The highest BCUT2D eigenvalue weighted by molar-refractivity contribution is 9.10. The van der Waals surface area contributed by atoms with Crippen molar-refractivity contribution in [2.24, 2.45) is 5.92 Å². The Hall–Kier alpha value is -1.86. The summed E-state index contributed by atoms with van der Waals surface area (Å²) in [6.45, 7) is 0.351. The number of sulfone groups is 1. The fraction of sp³-hybridized carbons (Fsp3) is 0.300. The number of piperidine rings is 1. The summed E-state index contributed by atoms with van der Waals surface area (Å²) in [5.74, 6) is -0.518. The molecule has 0 saturated carbocycles. The van der Waals surface area contributed by atoms with Crippen molar-refractivity contribution in [3.05, 3.63) is 46.9 Å². The molecule has 0 aliphatic carbocycles. The molecule has 32 heavy (non-hydrogen) atoms. The average Bonchev–Trinajstić information content (AvgIpc) is 3.17. The Balaban J connectivity index is 1.43. The predicted octanol–water partition coefficient (Wildman–Crippen LogP) is 3.50. The van der Waals surface area contributed by atoms with E-state index >= 15 is 0 Å². The van der Waals surface area contributed by atoms with Crippen molar-refractivity contribution in [3.8, 4) is 0 Å². The van der Waals surface area contributed by atoms with E-state index in [-0.39, 0.29) is 34.7 Å². The van der Waals surface area contributed by atoms with Crippen LogP contribution in [0.4, 0.5) is 5.13 Å². The van der Waals surface area contributed by atoms with Gasteiger partial charge in [-0.15, -0.1) is 0 Å². The highest BCUT2D eigenvalue weighted by Gasteiger charge is 2.32. The van der Waals surface area contributed by atoms with Gasteiger partial charge in [-0.05, 0) is 59.1 Å². The van der Waals surface area contributed by atoms with Gasteiger partial charge in [-0.2, -0.15) is 4.31 Å². The highest BCUT2D eigenvalue weighted by atomic mass is 79.9. The molecule has 2 aromatic carbocycles. The SMILES string of the molecule is CS(=O)(=O)c1cccc(S(=O)(=O)N2CCC(C(=O)Nc3nc4c(Br)cccc4s3)CC2)c1. The predicted molar refractivity (Wildman–Crippen MR) is 127 cm³/mol. The summed E-state index contributed by atoms with van der Waals surface area (Å²) in [5, 5.41) is 3.35. The van der Waals surface area contributed by atoms with Gasteiger partial charge in [0.25, 0.3) is 0 Å². The molecule has 1 N–H and O–H groups in total. The normalized spacial score (nSPS) is 16.3. The highest BCUT2D eigenvalue weighted by Crippen LogP contribution is 2.32. The van der Waals surface area contributed by atoms with E-state index in [1.54, 1.807) is 0 Å². The van der Waals surface area contributed by atoms with Crippen molar-refractivity contribution in [2.75, 3.05) is 24.7 Å². The molecule has 3 aromatic rings. The quantitative estimate of drug-likeness (QED) is 0.513. The van der Waals surface area contributed by atoms with Crippen LogP contribution in [0.1, 0.15) is 12.8 Å². The van der Waals surface area contributed by atoms with Crippen LogP contribution >= 0.6 is 27.3 Å². The fourth-order valence-electron chi connectivity index (χ4n) is 3.55. The molecule has 1 aromatic heterocycles. The van der Waals surface area contributed by atoms with Crippen molar-refractivity contribution < 1.29 is 21.6 Å². The number of amides is 1. The Kier molecular flexibility index (Phi) is 6.43. The van der Waals surface area contributed by atoms with Crippen molar-refractivity contribution in [2.45, 2.75) is 22.6 Å². The summed E-state index contributed by atoms with van der Waals surface area (Å²) in [5.41, 5.74) is 0.782. The molecule has 0 spiro atoms. The molecule has 1 aliphatic heterocycles. The minimum atomic E-state index is -3.85. The van der Waals surface area contributed by atoms with E-state index < -0.39 is 19.9 Å². The number of hydrogen-bond donors (Lipinski definition) is 1. The molecule has 1 aliphatic rings. The Morgan fingerprint density at radius 3 is 2.41 bits per heavy atom. The van der Waals surface area contributed by atoms with E-state index in [0.29, 0.717) is 18.0 Å². The number of carbonyl (C=O) groups excluding carboxylic acids is 1. The third-order valence-corrected chi connectivity index (χ3v) is 9.88. The van der Waals surface area contributed by atoms with Crippen molar-refractivity contribution in [1.82, 2.24) is 9.29 Å². The maximum atomic E-state index is 13.0. The molecule has 4 rings (SSSR count). The van der Waals surface area contributed by atoms with Crippen LogP contribution in [0.15, 0.2) is 56.7 Å². The first-order valence-electron chi connectivity index (χ1n) is 9.72. The zero-order valence-corrected chi connectivity index (χ0v) is 21.0. The lowest BCUT2D eigenvalue weighted by molar-refractivity contribution is -0.120. The molecular weight excluding hydrogens is 538 g/mol. The second-order valence-corrected chi connectivity index (χ2v) is 13.4. The first kappa shape index (κ1) is 23.3. The number of benzene rings is 2. The van der Waals surface area contributed by atoms with E-state index in [9.17, 15) is 21.6 Å². The molecule has 1 saturated heterocycles. The van der Waals surface area contributed by atoms with Crippen molar-refractivity contribution >= 4 is 68.4 Å². The maximum Gasteiger partial charge on any atom is 0.243 e. The number of aromatic nitrogens is 1. The molecule has 0 unspecified atom stereocenters. The van der Waals surface area contributed by atoms with E-state index in [1.165, 1.54) is 39.9 Å². The number of fused-ring (bicyclic) bond motifs is 1. The third-order valence-electron chi connectivity index (χ3n) is 5.30. The van der Waals surface area contributed by atoms with E-state index in [1.807, 2.05) is 18.2 Å². The van der Waals surface area contributed by atoms with Crippen LogP contribution in [0.3, 0.4) is 0 Å². The van der Waals surface area contributed by atoms with Crippen LogP contribution in [0.2, 0.25) is 0 Å². The van der Waals surface area contributed by atoms with Crippen molar-refractivity contribution in [3.63, 3.8) is 0 Å². The molecule has 12 heteroatoms. The first-order valence-corrected chi connectivity index (χ1v) is 14.7. The summed E-state index contributed by atoms with van der Waals surface area (Å²) in [4.78, 5) is 17.1. The van der Waals surface area contributed by atoms with Crippen LogP contribution in [-0.2, 0) is 24.7 Å². The van der Waals surface area contributed by atoms with Crippen LogP contribution in [0, 0.1) is 5.92 Å². The van der Waals surface area contributed by atoms with Gasteiger partial charge in [0.1, 0.15) is 0 Å². The lowest BCUT2D eigenvalue weighted by atomic mass is 9.97. The van der Waals surface area contributed by atoms with Gasteiger partial charge in [0.2, 0.25) is 15.9 Å². The molecule has 0 radical (unpaired) electrons. The van der Waals surface area contributed by atoms with Gasteiger partial charge in [0.15, 0.2) is 15.0 Å². The second-order valence-electron chi connectivity index (χ2n) is 7.52. The van der Waals surface area contributed by atoms with Crippen LogP contribution in [-0.4, -0.2) is 51.4 Å². The number of thiazole rings is 1. The van der Waals surface area contributed by atoms with E-state index in [0.717, 1.165) is 20.9 Å². The molecule has 1 amide bonds. The standard InChI is InChI=1S/C20H20BrN3O5S3/c1-31(26,27)14-4-2-5-15(12-14)32(28,29)24-10-8-13(9-11-24)19(25)23-20-22-18-16(21)6-3-7-17(18)30-20/h2-7,12-13H,8-11H2,1H3,(H,22,23,25). The van der Waals surface area contributed by atoms with E-state index in [2.05, 4.69) is 26.2 Å². The van der Waals surface area contributed by atoms with Crippen LogP contribution < -0.4 is 5.32 Å². The van der Waals surface area contributed by atoms with Gasteiger partial charge in [0, 0.05) is 29.7 Å². The minimum absolute atomic E-state index is 0.0460. The molecule has 0 atom stereocenters. The molecule has 0 bridgehead atoms. The summed E-state index contributed by atoms with van der Waals surface area (Å²) >= 11 is 4.83. The lowest BCUT2D eigenvalue weighted by Crippen LogP contribution is -2.41. The Bertz CT molecular complexity index is 1390. The van der Waals surface area contributed by atoms with Gasteiger partial charge >= 0.3 is 0 Å². The Labute approximate surface area is 198 Å². The van der Waals surface area contributed by atoms with Gasteiger partial charge in [-0.1, -0.05) is 23.5 Å². The number of anilines is 1. The monoisotopic (exact) mass is 557 g/mol. The largest absolute Gasteiger partial charge is 0.302 e. The van der Waals surface area contributed by atoms with E-state index in [4.69, 9.17) is 0 Å². The molecule has 1 fully saturated rings. The summed E-state index contributed by atoms with van der Waals surface area (Å²) in [6, 6.07) is 11.1. The summed E-state index contributed by atoms with van der Waals surface area (Å²) in [7, 11) is -7.38. The maximum absolute atomic E-state index is 13.0. The topological polar surface area (TPSA) is 114 Å². The lowest BCUT2D eigenvalue weighted by Gasteiger charge is -2.30.